The van der Waals surface area contributed by atoms with Crippen LogP contribution in [0.3, 0.4) is 0 Å². The first kappa shape index (κ1) is 38.4. The molecule has 294 valence electrons. The summed E-state index contributed by atoms with van der Waals surface area (Å²) < 4.78 is 0. The number of alkyl halides is 1. The number of fused-ring (bicyclic) bond motifs is 1. The van der Waals surface area contributed by atoms with Gasteiger partial charge in [-0.05, 0) is 145 Å². The number of piperidine rings is 3. The third-order valence-electron chi connectivity index (χ3n) is 12.2. The molecule has 0 aliphatic carbocycles. The first-order chi connectivity index (χ1) is 27.7. The van der Waals surface area contributed by atoms with E-state index in [4.69, 9.17) is 11.6 Å². The van der Waals surface area contributed by atoms with Crippen molar-refractivity contribution in [3.8, 4) is 11.5 Å². The molecule has 4 aromatic carbocycles. The van der Waals surface area contributed by atoms with Gasteiger partial charge in [-0.2, -0.15) is 0 Å². The minimum absolute atomic E-state index is 0.102. The van der Waals surface area contributed by atoms with Gasteiger partial charge in [-0.1, -0.05) is 42.5 Å². The lowest BCUT2D eigenvalue weighted by molar-refractivity contribution is -0.136. The van der Waals surface area contributed by atoms with Crippen LogP contribution in [0.5, 0.6) is 11.5 Å². The van der Waals surface area contributed by atoms with Crippen LogP contribution in [0.2, 0.25) is 0 Å². The molecule has 8 rings (SSSR count). The van der Waals surface area contributed by atoms with Crippen LogP contribution in [-0.2, 0) is 9.59 Å². The molecule has 3 N–H and O–H groups in total. The molecule has 11 heteroatoms. The lowest BCUT2D eigenvalue weighted by Gasteiger charge is -2.38. The number of nitrogens with zero attached hydrogens (tertiary/aromatic N) is 3. The molecular weight excluding hydrogens is 740 g/mol. The summed E-state index contributed by atoms with van der Waals surface area (Å²) in [4.78, 5) is 56.7. The highest BCUT2D eigenvalue weighted by molar-refractivity contribution is 6.23. The molecular formula is C46H47ClN4O6. The number of hydrogen-bond acceptors (Lipinski definition) is 8. The number of nitrogens with one attached hydrogen (secondary N) is 1. The topological polar surface area (TPSA) is 130 Å². The second-order valence-electron chi connectivity index (χ2n) is 15.7. The monoisotopic (exact) mass is 786 g/mol. The summed E-state index contributed by atoms with van der Waals surface area (Å²) in [5, 5.41) is 22.2. The average molecular weight is 787 g/mol. The number of halogens is 1. The molecule has 4 heterocycles. The first-order valence-electron chi connectivity index (χ1n) is 20.0. The maximum atomic E-state index is 13.4. The molecule has 1 atom stereocenters. The van der Waals surface area contributed by atoms with E-state index in [2.05, 4.69) is 39.4 Å². The van der Waals surface area contributed by atoms with Crippen LogP contribution in [0.1, 0.15) is 93.8 Å². The van der Waals surface area contributed by atoms with E-state index in [1.165, 1.54) is 5.69 Å². The van der Waals surface area contributed by atoms with Gasteiger partial charge in [0, 0.05) is 37.6 Å². The number of likely N-dealkylation sites (tertiary alicyclic amines) is 1. The van der Waals surface area contributed by atoms with Gasteiger partial charge in [-0.25, -0.2) is 0 Å². The number of aromatic hydroxyl groups is 2. The SMILES string of the molecule is O=C1CCC(N2C(=O)c3ccc(C4CCN(CC5CCN(c6ccc(C(=C(CCCl)c7ccc(O)cc7)c7ccc(O)cc7)cc6)CC5)CC4)cc3C2=O)C(=O)N1. The highest BCUT2D eigenvalue weighted by Crippen LogP contribution is 2.38. The van der Waals surface area contributed by atoms with E-state index in [1.807, 2.05) is 36.4 Å². The van der Waals surface area contributed by atoms with Crippen molar-refractivity contribution in [2.75, 3.05) is 43.5 Å². The maximum Gasteiger partial charge on any atom is 0.262 e. The number of benzene rings is 4. The van der Waals surface area contributed by atoms with E-state index in [9.17, 15) is 29.4 Å². The summed E-state index contributed by atoms with van der Waals surface area (Å²) in [6.45, 7) is 5.00. The van der Waals surface area contributed by atoms with Crippen molar-refractivity contribution in [2.45, 2.75) is 56.9 Å². The van der Waals surface area contributed by atoms with Crippen LogP contribution in [0.25, 0.3) is 11.1 Å². The molecule has 10 nitrogen and oxygen atoms in total. The minimum Gasteiger partial charge on any atom is -0.508 e. The molecule has 4 aliphatic heterocycles. The van der Waals surface area contributed by atoms with Gasteiger partial charge in [-0.15, -0.1) is 11.6 Å². The van der Waals surface area contributed by atoms with Crippen LogP contribution >= 0.6 is 11.6 Å². The Morgan fingerprint density at radius 1 is 0.684 bits per heavy atom. The first-order valence-corrected chi connectivity index (χ1v) is 20.5. The lowest BCUT2D eigenvalue weighted by atomic mass is 9.87. The van der Waals surface area contributed by atoms with Crippen LogP contribution in [0.4, 0.5) is 5.69 Å². The maximum absolute atomic E-state index is 13.4. The van der Waals surface area contributed by atoms with Gasteiger partial charge in [0.25, 0.3) is 11.8 Å². The second-order valence-corrected chi connectivity index (χ2v) is 16.1. The van der Waals surface area contributed by atoms with Gasteiger partial charge in [0.15, 0.2) is 0 Å². The Morgan fingerprint density at radius 3 is 1.89 bits per heavy atom. The fraction of sp³-hybridized carbons (Fsp3) is 0.348. The number of phenols is 2. The number of anilines is 1. The summed E-state index contributed by atoms with van der Waals surface area (Å²) in [7, 11) is 0. The van der Waals surface area contributed by atoms with Crippen LogP contribution in [-0.4, -0.2) is 88.3 Å². The van der Waals surface area contributed by atoms with Crippen molar-refractivity contribution in [3.63, 3.8) is 0 Å². The zero-order chi connectivity index (χ0) is 39.6. The Labute approximate surface area is 337 Å². The number of amides is 4. The van der Waals surface area contributed by atoms with E-state index in [0.29, 0.717) is 35.3 Å². The lowest BCUT2D eigenvalue weighted by Crippen LogP contribution is -2.54. The number of hydrogen-bond donors (Lipinski definition) is 3. The summed E-state index contributed by atoms with van der Waals surface area (Å²) in [5.41, 5.74) is 8.08. The Balaban J connectivity index is 0.870. The van der Waals surface area contributed by atoms with Gasteiger partial charge in [0.1, 0.15) is 17.5 Å². The number of carbonyl (C=O) groups is 4. The summed E-state index contributed by atoms with van der Waals surface area (Å²) in [6.07, 6.45) is 5.07. The predicted octanol–water partition coefficient (Wildman–Crippen LogP) is 7.18. The van der Waals surface area contributed by atoms with Gasteiger partial charge < -0.3 is 20.0 Å². The number of carbonyl (C=O) groups excluding carboxylic acids is 4. The predicted molar refractivity (Wildman–Crippen MR) is 220 cm³/mol. The Kier molecular flexibility index (Phi) is 11.2. The van der Waals surface area contributed by atoms with Crippen molar-refractivity contribution in [3.05, 3.63) is 124 Å². The van der Waals surface area contributed by atoms with E-state index >= 15 is 0 Å². The third kappa shape index (κ3) is 8.06. The highest BCUT2D eigenvalue weighted by Gasteiger charge is 2.45. The molecule has 0 saturated carbocycles. The molecule has 0 bridgehead atoms. The van der Waals surface area contributed by atoms with Crippen molar-refractivity contribution >= 4 is 52.1 Å². The van der Waals surface area contributed by atoms with E-state index < -0.39 is 23.8 Å². The molecule has 0 spiro atoms. The third-order valence-corrected chi connectivity index (χ3v) is 12.4. The van der Waals surface area contributed by atoms with Gasteiger partial charge in [0.2, 0.25) is 11.8 Å². The number of phenolic OH excluding ortho intramolecular Hbond substituents is 2. The van der Waals surface area contributed by atoms with E-state index in [1.54, 1.807) is 30.3 Å². The average Bonchev–Trinajstić information content (AvgIpc) is 3.47. The normalized spacial score (nSPS) is 20.1. The zero-order valence-electron chi connectivity index (χ0n) is 31.8. The highest BCUT2D eigenvalue weighted by atomic mass is 35.5. The molecule has 1 unspecified atom stereocenters. The fourth-order valence-electron chi connectivity index (χ4n) is 9.08. The minimum atomic E-state index is -0.958. The Bertz CT molecular complexity index is 2190. The second kappa shape index (κ2) is 16.6. The smallest absolute Gasteiger partial charge is 0.262 e. The quantitative estimate of drug-likeness (QED) is 0.0876. The molecule has 4 amide bonds. The van der Waals surface area contributed by atoms with E-state index in [0.717, 1.165) is 96.7 Å². The molecule has 0 aromatic heterocycles. The molecule has 3 saturated heterocycles. The van der Waals surface area contributed by atoms with Crippen LogP contribution in [0.15, 0.2) is 91.0 Å². The molecule has 4 aromatic rings. The molecule has 57 heavy (non-hydrogen) atoms. The van der Waals surface area contributed by atoms with Gasteiger partial charge in [0.05, 0.1) is 11.1 Å². The van der Waals surface area contributed by atoms with Crippen molar-refractivity contribution in [1.29, 1.82) is 0 Å². The van der Waals surface area contributed by atoms with Gasteiger partial charge >= 0.3 is 0 Å². The summed E-state index contributed by atoms with van der Waals surface area (Å²) in [5.74, 6) is -0.130. The Hall–Kier alpha value is -5.45. The van der Waals surface area contributed by atoms with Crippen molar-refractivity contribution in [1.82, 2.24) is 15.1 Å². The molecule has 4 aliphatic rings. The van der Waals surface area contributed by atoms with Gasteiger partial charge in [-0.3, -0.25) is 29.4 Å². The van der Waals surface area contributed by atoms with Crippen LogP contribution in [0, 0.1) is 5.92 Å². The van der Waals surface area contributed by atoms with E-state index in [-0.39, 0.29) is 30.2 Å². The van der Waals surface area contributed by atoms with Crippen molar-refractivity contribution in [2.24, 2.45) is 5.92 Å². The number of imide groups is 2. The zero-order valence-corrected chi connectivity index (χ0v) is 32.6. The fourth-order valence-corrected chi connectivity index (χ4v) is 9.27. The summed E-state index contributed by atoms with van der Waals surface area (Å²) in [6, 6.07) is 27.8. The standard InChI is InChI=1S/C46H47ClN4O6/c47-22-17-38(31-3-10-36(52)11-4-31)43(33-5-12-37(53)13-6-33)32-1-8-35(9-2-32)50-25-18-29(19-26-50)28-49-23-20-30(21-24-49)34-7-14-39-40(27-34)46(57)51(45(39)56)41-15-16-42(54)48-44(41)55/h1-14,27,29-30,41,52-53H,15-26,28H2,(H,48,54,55). The summed E-state index contributed by atoms with van der Waals surface area (Å²) >= 11 is 6.34. The van der Waals surface area contributed by atoms with Crippen molar-refractivity contribution < 1.29 is 29.4 Å². The number of allylic oxidation sites excluding steroid dienone is 1. The van der Waals surface area contributed by atoms with Crippen LogP contribution < -0.4 is 10.2 Å². The number of rotatable bonds is 10. The Morgan fingerprint density at radius 2 is 1.28 bits per heavy atom. The molecule has 0 radical (unpaired) electrons. The molecule has 3 fully saturated rings. The largest absolute Gasteiger partial charge is 0.508 e.